The molecule has 4 aromatic rings. The van der Waals surface area contributed by atoms with Gasteiger partial charge in [0.1, 0.15) is 0 Å². The molecule has 0 unspecified atom stereocenters. The van der Waals surface area contributed by atoms with Crippen LogP contribution < -0.4 is 5.32 Å². The quantitative estimate of drug-likeness (QED) is 0.522. The monoisotopic (exact) mass is 408 g/mol. The lowest BCUT2D eigenvalue weighted by Crippen LogP contribution is -2.15. The van der Waals surface area contributed by atoms with Gasteiger partial charge < -0.3 is 5.32 Å². The third-order valence-corrected chi connectivity index (χ3v) is 4.59. The molecule has 30 heavy (non-hydrogen) atoms. The van der Waals surface area contributed by atoms with E-state index in [9.17, 15) is 18.0 Å². The number of hydrogen-bond acceptors (Lipinski definition) is 4. The van der Waals surface area contributed by atoms with Crippen LogP contribution in [0.4, 0.5) is 19.0 Å². The molecule has 5 nitrogen and oxygen atoms in total. The van der Waals surface area contributed by atoms with Gasteiger partial charge in [-0.15, -0.1) is 5.10 Å². The SMILES string of the molecule is O=C(Nc1nnc(Cc2ccncc2)c2ccccc12)c1ccc(C(F)(F)F)cc1. The van der Waals surface area contributed by atoms with E-state index in [0.717, 1.165) is 40.9 Å². The van der Waals surface area contributed by atoms with Crippen molar-refractivity contribution in [1.82, 2.24) is 15.2 Å². The van der Waals surface area contributed by atoms with Crippen LogP contribution in [0.2, 0.25) is 0 Å². The highest BCUT2D eigenvalue weighted by Gasteiger charge is 2.30. The average molecular weight is 408 g/mol. The molecule has 0 fully saturated rings. The van der Waals surface area contributed by atoms with Gasteiger partial charge in [-0.25, -0.2) is 0 Å². The summed E-state index contributed by atoms with van der Waals surface area (Å²) in [7, 11) is 0. The van der Waals surface area contributed by atoms with Crippen molar-refractivity contribution in [1.29, 1.82) is 0 Å². The van der Waals surface area contributed by atoms with Crippen LogP contribution in [0.5, 0.6) is 0 Å². The number of benzene rings is 2. The van der Waals surface area contributed by atoms with Crippen molar-refractivity contribution >= 4 is 22.5 Å². The first-order valence-corrected chi connectivity index (χ1v) is 9.03. The Bertz CT molecular complexity index is 1190. The molecule has 0 aliphatic carbocycles. The van der Waals surface area contributed by atoms with Crippen molar-refractivity contribution in [3.05, 3.63) is 95.4 Å². The molecule has 0 bridgehead atoms. The topological polar surface area (TPSA) is 67.8 Å². The molecule has 1 amide bonds. The summed E-state index contributed by atoms with van der Waals surface area (Å²) in [5.41, 5.74) is 1.04. The zero-order valence-corrected chi connectivity index (χ0v) is 15.5. The van der Waals surface area contributed by atoms with Gasteiger partial charge in [0, 0.05) is 35.2 Å². The summed E-state index contributed by atoms with van der Waals surface area (Å²) in [5.74, 6) is -0.320. The van der Waals surface area contributed by atoms with E-state index in [0.29, 0.717) is 11.8 Å². The Morgan fingerprint density at radius 2 is 1.53 bits per heavy atom. The number of fused-ring (bicyclic) bond motifs is 1. The number of amides is 1. The van der Waals surface area contributed by atoms with Crippen molar-refractivity contribution in [3.63, 3.8) is 0 Å². The maximum atomic E-state index is 12.7. The number of alkyl halides is 3. The first-order chi connectivity index (χ1) is 14.4. The van der Waals surface area contributed by atoms with Crippen LogP contribution in [0.25, 0.3) is 10.8 Å². The number of aromatic nitrogens is 3. The van der Waals surface area contributed by atoms with Crippen LogP contribution in [-0.4, -0.2) is 21.1 Å². The van der Waals surface area contributed by atoms with Crippen LogP contribution in [0.15, 0.2) is 73.1 Å². The number of rotatable bonds is 4. The zero-order valence-electron chi connectivity index (χ0n) is 15.5. The highest BCUT2D eigenvalue weighted by molar-refractivity contribution is 6.08. The molecule has 0 radical (unpaired) electrons. The zero-order chi connectivity index (χ0) is 21.1. The number of pyridine rings is 1. The van der Waals surface area contributed by atoms with E-state index in [2.05, 4.69) is 20.5 Å². The van der Waals surface area contributed by atoms with Gasteiger partial charge in [0.2, 0.25) is 0 Å². The Kier molecular flexibility index (Phi) is 5.14. The molecule has 2 aromatic heterocycles. The number of hydrogen-bond donors (Lipinski definition) is 1. The molecule has 2 heterocycles. The molecule has 1 N–H and O–H groups in total. The third kappa shape index (κ3) is 4.12. The molecule has 0 saturated heterocycles. The van der Waals surface area contributed by atoms with Gasteiger partial charge in [0.15, 0.2) is 5.82 Å². The maximum absolute atomic E-state index is 12.7. The number of carbonyl (C=O) groups is 1. The largest absolute Gasteiger partial charge is 0.416 e. The minimum atomic E-state index is -4.46. The maximum Gasteiger partial charge on any atom is 0.416 e. The van der Waals surface area contributed by atoms with Crippen LogP contribution >= 0.6 is 0 Å². The lowest BCUT2D eigenvalue weighted by Gasteiger charge is -2.11. The Morgan fingerprint density at radius 1 is 0.867 bits per heavy atom. The number of nitrogens with one attached hydrogen (secondary N) is 1. The molecule has 0 spiro atoms. The molecular formula is C22H15F3N4O. The number of halogens is 3. The second-order valence-electron chi connectivity index (χ2n) is 6.60. The van der Waals surface area contributed by atoms with Gasteiger partial charge in [0.05, 0.1) is 11.3 Å². The van der Waals surface area contributed by atoms with Gasteiger partial charge in [0.25, 0.3) is 5.91 Å². The van der Waals surface area contributed by atoms with Crippen molar-refractivity contribution in [3.8, 4) is 0 Å². The predicted molar refractivity (Wildman–Crippen MR) is 106 cm³/mol. The van der Waals surface area contributed by atoms with Crippen molar-refractivity contribution in [2.45, 2.75) is 12.6 Å². The van der Waals surface area contributed by atoms with E-state index in [4.69, 9.17) is 0 Å². The van der Waals surface area contributed by atoms with Crippen molar-refractivity contribution < 1.29 is 18.0 Å². The van der Waals surface area contributed by atoms with Crippen LogP contribution in [0, 0.1) is 0 Å². The second kappa shape index (κ2) is 7.90. The first kappa shape index (κ1) is 19.5. The van der Waals surface area contributed by atoms with Gasteiger partial charge in [-0.1, -0.05) is 24.3 Å². The Balaban J connectivity index is 1.62. The van der Waals surface area contributed by atoms with Gasteiger partial charge in [-0.3, -0.25) is 9.78 Å². The molecule has 0 aliphatic rings. The molecule has 0 atom stereocenters. The average Bonchev–Trinajstić information content (AvgIpc) is 2.75. The van der Waals surface area contributed by atoms with E-state index in [1.807, 2.05) is 36.4 Å². The van der Waals surface area contributed by atoms with Gasteiger partial charge >= 0.3 is 6.18 Å². The summed E-state index contributed by atoms with van der Waals surface area (Å²) in [6.07, 6.45) is -0.516. The number of carbonyl (C=O) groups excluding carboxylic acids is 1. The molecule has 2 aromatic carbocycles. The number of nitrogens with zero attached hydrogens (tertiary/aromatic N) is 3. The van der Waals surface area contributed by atoms with Crippen molar-refractivity contribution in [2.75, 3.05) is 5.32 Å². The molecule has 8 heteroatoms. The number of anilines is 1. The third-order valence-electron chi connectivity index (χ3n) is 4.59. The Labute approximate surface area is 169 Å². The molecule has 0 aliphatic heterocycles. The fourth-order valence-corrected chi connectivity index (χ4v) is 3.07. The van der Waals surface area contributed by atoms with E-state index in [1.54, 1.807) is 12.4 Å². The fourth-order valence-electron chi connectivity index (χ4n) is 3.07. The van der Waals surface area contributed by atoms with E-state index in [1.165, 1.54) is 0 Å². The predicted octanol–water partition coefficient (Wildman–Crippen LogP) is 4.89. The second-order valence-corrected chi connectivity index (χ2v) is 6.60. The smallest absolute Gasteiger partial charge is 0.305 e. The van der Waals surface area contributed by atoms with Gasteiger partial charge in [-0.05, 0) is 42.0 Å². The Morgan fingerprint density at radius 3 is 2.20 bits per heavy atom. The standard InChI is InChI=1S/C22H15F3N4O/c23-22(24,25)16-7-5-15(6-8-16)21(30)27-20-18-4-2-1-3-17(18)19(28-29-20)13-14-9-11-26-12-10-14/h1-12H,13H2,(H,27,29,30). The minimum absolute atomic E-state index is 0.0924. The summed E-state index contributed by atoms with van der Waals surface area (Å²) >= 11 is 0. The summed E-state index contributed by atoms with van der Waals surface area (Å²) < 4.78 is 38.1. The molecule has 4 rings (SSSR count). The summed E-state index contributed by atoms with van der Waals surface area (Å²) in [6.45, 7) is 0. The van der Waals surface area contributed by atoms with Gasteiger partial charge in [-0.2, -0.15) is 18.3 Å². The lowest BCUT2D eigenvalue weighted by atomic mass is 10.0. The van der Waals surface area contributed by atoms with Crippen LogP contribution in [0.3, 0.4) is 0 Å². The first-order valence-electron chi connectivity index (χ1n) is 9.03. The Hall–Kier alpha value is -3.81. The normalized spacial score (nSPS) is 11.4. The van der Waals surface area contributed by atoms with Crippen molar-refractivity contribution in [2.24, 2.45) is 0 Å². The lowest BCUT2D eigenvalue weighted by molar-refractivity contribution is -0.137. The highest BCUT2D eigenvalue weighted by Crippen LogP contribution is 2.29. The van der Waals surface area contributed by atoms with Crippen LogP contribution in [0.1, 0.15) is 27.2 Å². The summed E-state index contributed by atoms with van der Waals surface area (Å²) in [4.78, 5) is 16.5. The summed E-state index contributed by atoms with van der Waals surface area (Å²) in [6, 6.07) is 15.1. The molecule has 150 valence electrons. The highest BCUT2D eigenvalue weighted by atomic mass is 19.4. The van der Waals surface area contributed by atoms with E-state index < -0.39 is 17.6 Å². The van der Waals surface area contributed by atoms with E-state index in [-0.39, 0.29) is 11.4 Å². The molecule has 0 saturated carbocycles. The van der Waals surface area contributed by atoms with E-state index >= 15 is 0 Å². The minimum Gasteiger partial charge on any atom is -0.305 e. The van der Waals surface area contributed by atoms with Crippen LogP contribution in [-0.2, 0) is 12.6 Å². The summed E-state index contributed by atoms with van der Waals surface area (Å²) in [5, 5.41) is 12.6. The fraction of sp³-hybridized carbons (Fsp3) is 0.0909. The molecular weight excluding hydrogens is 393 g/mol.